The van der Waals surface area contributed by atoms with Crippen LogP contribution < -0.4 is 11.1 Å². The molecule has 0 aliphatic heterocycles. The van der Waals surface area contributed by atoms with Crippen molar-refractivity contribution in [1.29, 1.82) is 5.41 Å². The molecule has 9 heteroatoms. The van der Waals surface area contributed by atoms with Gasteiger partial charge in [-0.15, -0.1) is 11.3 Å². The van der Waals surface area contributed by atoms with E-state index in [0.29, 0.717) is 47.0 Å². The predicted octanol–water partition coefficient (Wildman–Crippen LogP) is 3.86. The van der Waals surface area contributed by atoms with Crippen molar-refractivity contribution in [3.63, 3.8) is 0 Å². The quantitative estimate of drug-likeness (QED) is 0.388. The smallest absolute Gasteiger partial charge is 0.306 e. The highest BCUT2D eigenvalue weighted by Gasteiger charge is 2.28. The van der Waals surface area contributed by atoms with Gasteiger partial charge in [0.1, 0.15) is 17.0 Å². The number of carboxylic acid groups (broad SMARTS) is 1. The lowest BCUT2D eigenvalue weighted by Gasteiger charge is -2.18. The zero-order valence-electron chi connectivity index (χ0n) is 14.1. The number of hydrogen-bond donors (Lipinski definition) is 4. The van der Waals surface area contributed by atoms with Gasteiger partial charge in [0.25, 0.3) is 0 Å². The van der Waals surface area contributed by atoms with Gasteiger partial charge in [0, 0.05) is 22.3 Å². The van der Waals surface area contributed by atoms with Crippen LogP contribution in [0.25, 0.3) is 10.2 Å². The number of carboxylic acids is 1. The average Bonchev–Trinajstić information content (AvgIpc) is 3.02. The van der Waals surface area contributed by atoms with Crippen molar-refractivity contribution < 1.29 is 9.90 Å². The minimum absolute atomic E-state index is 0.350. The number of thiophene rings is 1. The maximum atomic E-state index is 11.3. The summed E-state index contributed by atoms with van der Waals surface area (Å²) in [4.78, 5) is 21.9. The number of hydrogen-bond acceptors (Lipinski definition) is 7. The van der Waals surface area contributed by atoms with E-state index in [9.17, 15) is 9.90 Å². The molecule has 4 rings (SSSR count). The Bertz CT molecular complexity index is 1080. The van der Waals surface area contributed by atoms with Gasteiger partial charge in [0.05, 0.1) is 22.0 Å². The molecule has 0 amide bonds. The Morgan fingerprint density at radius 2 is 2.26 bits per heavy atom. The number of nitrogens with two attached hydrogens (primary N) is 1. The van der Waals surface area contributed by atoms with Crippen molar-refractivity contribution in [2.75, 3.05) is 11.1 Å². The highest BCUT2D eigenvalue weighted by molar-refractivity contribution is 7.19. The third-order valence-corrected chi connectivity index (χ3v) is 6.25. The van der Waals surface area contributed by atoms with E-state index in [1.807, 2.05) is 0 Å². The average molecular weight is 402 g/mol. The summed E-state index contributed by atoms with van der Waals surface area (Å²) < 4.78 is 0. The highest BCUT2D eigenvalue weighted by Crippen LogP contribution is 2.41. The highest BCUT2D eigenvalue weighted by atomic mass is 35.5. The molecule has 7 nitrogen and oxygen atoms in total. The lowest BCUT2D eigenvalue weighted by atomic mass is 9.88. The molecule has 0 radical (unpaired) electrons. The van der Waals surface area contributed by atoms with Gasteiger partial charge in [0.2, 0.25) is 0 Å². The molecule has 2 heterocycles. The van der Waals surface area contributed by atoms with E-state index in [1.54, 1.807) is 12.1 Å². The summed E-state index contributed by atoms with van der Waals surface area (Å²) in [5.41, 5.74) is 8.56. The first-order chi connectivity index (χ1) is 13.0. The number of benzene rings is 1. The summed E-state index contributed by atoms with van der Waals surface area (Å²) in [6.45, 7) is 0. The molecule has 0 saturated carbocycles. The van der Waals surface area contributed by atoms with Gasteiger partial charge in [-0.3, -0.25) is 4.79 Å². The van der Waals surface area contributed by atoms with Crippen LogP contribution in [0.5, 0.6) is 0 Å². The first kappa shape index (κ1) is 17.7. The van der Waals surface area contributed by atoms with E-state index in [0.717, 1.165) is 20.7 Å². The molecular formula is C18H16ClN5O2S. The Morgan fingerprint density at radius 3 is 3.00 bits per heavy atom. The van der Waals surface area contributed by atoms with Gasteiger partial charge in [-0.2, -0.15) is 0 Å². The number of aromatic nitrogens is 2. The van der Waals surface area contributed by atoms with E-state index in [2.05, 4.69) is 15.3 Å². The number of carbonyl (C=O) groups is 1. The van der Waals surface area contributed by atoms with Crippen LogP contribution in [0.2, 0.25) is 5.02 Å². The van der Waals surface area contributed by atoms with E-state index >= 15 is 0 Å². The molecule has 1 atom stereocenters. The van der Waals surface area contributed by atoms with Crippen LogP contribution in [0, 0.1) is 11.3 Å². The Balaban J connectivity index is 1.78. The third-order valence-electron chi connectivity index (χ3n) is 4.78. The number of rotatable bonds is 4. The topological polar surface area (TPSA) is 125 Å². The Kier molecular flexibility index (Phi) is 4.45. The number of nitrogen functional groups attached to an aromatic ring is 1. The summed E-state index contributed by atoms with van der Waals surface area (Å²) in [6.07, 6.45) is 4.44. The van der Waals surface area contributed by atoms with E-state index in [1.165, 1.54) is 23.9 Å². The summed E-state index contributed by atoms with van der Waals surface area (Å²) in [6, 6.07) is 3.31. The Hall–Kier alpha value is -2.71. The molecule has 0 bridgehead atoms. The van der Waals surface area contributed by atoms with Gasteiger partial charge < -0.3 is 21.6 Å². The maximum Gasteiger partial charge on any atom is 0.306 e. The van der Waals surface area contributed by atoms with Crippen LogP contribution in [0.4, 0.5) is 17.2 Å². The number of aryl methyl sites for hydroxylation is 1. The zero-order chi connectivity index (χ0) is 19.1. The standard InChI is InChI=1S/C18H16ClN5O2S/c19-11-5-12(21)9(6-20)3-13(11)24-16-15-10-2-1-8(18(25)26)4-14(10)27-17(15)23-7-22-16/h3,5-8,20H,1-2,4,21H2,(H,25,26)(H,22,23,24)/t8-/m0/s1. The van der Waals surface area contributed by atoms with Crippen molar-refractivity contribution in [2.45, 2.75) is 19.3 Å². The van der Waals surface area contributed by atoms with Crippen LogP contribution >= 0.6 is 22.9 Å². The fourth-order valence-corrected chi connectivity index (χ4v) is 4.86. The van der Waals surface area contributed by atoms with Crippen molar-refractivity contribution in [1.82, 2.24) is 9.97 Å². The van der Waals surface area contributed by atoms with Crippen LogP contribution in [0.3, 0.4) is 0 Å². The second-order valence-electron chi connectivity index (χ2n) is 6.41. The zero-order valence-corrected chi connectivity index (χ0v) is 15.7. The molecule has 2 aromatic heterocycles. The van der Waals surface area contributed by atoms with Crippen molar-refractivity contribution in [2.24, 2.45) is 5.92 Å². The Morgan fingerprint density at radius 1 is 1.44 bits per heavy atom. The first-order valence-electron chi connectivity index (χ1n) is 8.32. The number of anilines is 3. The van der Waals surface area contributed by atoms with Crippen LogP contribution in [-0.4, -0.2) is 27.3 Å². The van der Waals surface area contributed by atoms with E-state index in [4.69, 9.17) is 22.7 Å². The molecular weight excluding hydrogens is 386 g/mol. The SMILES string of the molecule is N=Cc1cc(Nc2ncnc3sc4c(c23)CC[C@H](C(=O)O)C4)c(Cl)cc1N. The summed E-state index contributed by atoms with van der Waals surface area (Å²) in [5, 5.41) is 21.4. The maximum absolute atomic E-state index is 11.3. The fourth-order valence-electron chi connectivity index (χ4n) is 3.37. The van der Waals surface area contributed by atoms with Crippen LogP contribution in [0.1, 0.15) is 22.4 Å². The second-order valence-corrected chi connectivity index (χ2v) is 7.91. The van der Waals surface area contributed by atoms with Crippen LogP contribution in [0.15, 0.2) is 18.5 Å². The number of nitrogens with zero attached hydrogens (tertiary/aromatic N) is 2. The minimum Gasteiger partial charge on any atom is -0.481 e. The van der Waals surface area contributed by atoms with E-state index < -0.39 is 5.97 Å². The lowest BCUT2D eigenvalue weighted by molar-refractivity contribution is -0.142. The normalized spacial score (nSPS) is 16.1. The molecule has 1 aliphatic carbocycles. The second kappa shape index (κ2) is 6.79. The summed E-state index contributed by atoms with van der Waals surface area (Å²) >= 11 is 7.82. The molecule has 0 unspecified atom stereocenters. The van der Waals surface area contributed by atoms with Crippen LogP contribution in [-0.2, 0) is 17.6 Å². The lowest BCUT2D eigenvalue weighted by Crippen LogP contribution is -2.21. The van der Waals surface area contributed by atoms with Crippen molar-refractivity contribution in [3.8, 4) is 0 Å². The number of fused-ring (bicyclic) bond motifs is 3. The van der Waals surface area contributed by atoms with Crippen molar-refractivity contribution >= 4 is 62.5 Å². The van der Waals surface area contributed by atoms with Crippen molar-refractivity contribution in [3.05, 3.63) is 39.5 Å². The third kappa shape index (κ3) is 3.11. The molecule has 0 saturated heterocycles. The molecule has 27 heavy (non-hydrogen) atoms. The molecule has 0 spiro atoms. The number of nitrogens with one attached hydrogen (secondary N) is 2. The number of halogens is 1. The molecule has 3 aromatic rings. The fraction of sp³-hybridized carbons (Fsp3) is 0.222. The number of aliphatic carboxylic acids is 1. The molecule has 1 aromatic carbocycles. The van der Waals surface area contributed by atoms with E-state index in [-0.39, 0.29) is 5.92 Å². The first-order valence-corrected chi connectivity index (χ1v) is 9.52. The van der Waals surface area contributed by atoms with Gasteiger partial charge in [-0.25, -0.2) is 9.97 Å². The summed E-state index contributed by atoms with van der Waals surface area (Å²) in [5.74, 6) is -0.485. The van der Waals surface area contributed by atoms with Gasteiger partial charge >= 0.3 is 5.97 Å². The largest absolute Gasteiger partial charge is 0.481 e. The molecule has 138 valence electrons. The van der Waals surface area contributed by atoms with Gasteiger partial charge in [-0.05, 0) is 37.0 Å². The molecule has 1 aliphatic rings. The molecule has 0 fully saturated rings. The van der Waals surface area contributed by atoms with Gasteiger partial charge in [-0.1, -0.05) is 11.6 Å². The summed E-state index contributed by atoms with van der Waals surface area (Å²) in [7, 11) is 0. The van der Waals surface area contributed by atoms with Gasteiger partial charge in [0.15, 0.2) is 0 Å². The Labute approximate surface area is 163 Å². The monoisotopic (exact) mass is 401 g/mol. The minimum atomic E-state index is -0.754. The predicted molar refractivity (Wildman–Crippen MR) is 108 cm³/mol. The molecule has 5 N–H and O–H groups in total.